The first-order valence-corrected chi connectivity index (χ1v) is 8.79. The molecule has 1 amide bonds. The fraction of sp³-hybridized carbons (Fsp3) is 0.533. The maximum absolute atomic E-state index is 12.2. The molecule has 0 heterocycles. The van der Waals surface area contributed by atoms with Crippen LogP contribution in [0.15, 0.2) is 23.1 Å². The Kier molecular flexibility index (Phi) is 8.18. The van der Waals surface area contributed by atoms with Crippen LogP contribution in [0.2, 0.25) is 0 Å². The van der Waals surface area contributed by atoms with Gasteiger partial charge in [0, 0.05) is 25.8 Å². The summed E-state index contributed by atoms with van der Waals surface area (Å²) in [5.74, 6) is -0.299. The van der Waals surface area contributed by atoms with E-state index in [-0.39, 0.29) is 10.8 Å². The number of hydrogen-bond donors (Lipinski definition) is 2. The van der Waals surface area contributed by atoms with E-state index in [2.05, 4.69) is 10.0 Å². The van der Waals surface area contributed by atoms with Gasteiger partial charge in [-0.25, -0.2) is 13.1 Å². The van der Waals surface area contributed by atoms with E-state index in [1.54, 1.807) is 20.1 Å². The number of benzene rings is 1. The van der Waals surface area contributed by atoms with Crippen molar-refractivity contribution in [3.05, 3.63) is 29.3 Å². The highest BCUT2D eigenvalue weighted by Gasteiger charge is 2.16. The predicted molar refractivity (Wildman–Crippen MR) is 87.1 cm³/mol. The Hall–Kier alpha value is -1.48. The molecule has 0 atom stereocenters. The van der Waals surface area contributed by atoms with E-state index in [1.165, 1.54) is 19.2 Å². The predicted octanol–water partition coefficient (Wildman–Crippen LogP) is 0.686. The van der Waals surface area contributed by atoms with E-state index >= 15 is 0 Å². The number of rotatable bonds is 10. The molecule has 0 aliphatic heterocycles. The van der Waals surface area contributed by atoms with Crippen LogP contribution in [0.1, 0.15) is 22.3 Å². The summed E-state index contributed by atoms with van der Waals surface area (Å²) < 4.78 is 36.0. The maximum atomic E-state index is 12.2. The molecule has 2 N–H and O–H groups in total. The van der Waals surface area contributed by atoms with Gasteiger partial charge in [-0.15, -0.1) is 0 Å². The third-order valence-electron chi connectivity index (χ3n) is 3.22. The summed E-state index contributed by atoms with van der Waals surface area (Å²) >= 11 is 0. The molecule has 1 aromatic carbocycles. The number of amides is 1. The quantitative estimate of drug-likeness (QED) is 0.609. The van der Waals surface area contributed by atoms with Crippen LogP contribution in [-0.2, 0) is 19.5 Å². The average Bonchev–Trinajstić information content (AvgIpc) is 2.54. The Morgan fingerprint density at radius 3 is 2.61 bits per heavy atom. The lowest BCUT2D eigenvalue weighted by atomic mass is 10.1. The molecular weight excluding hydrogens is 320 g/mol. The van der Waals surface area contributed by atoms with Crippen molar-refractivity contribution in [2.45, 2.75) is 18.2 Å². The monoisotopic (exact) mass is 344 g/mol. The number of nitrogens with one attached hydrogen (secondary N) is 2. The molecule has 1 aromatic rings. The van der Waals surface area contributed by atoms with E-state index in [0.717, 1.165) is 0 Å². The summed E-state index contributed by atoms with van der Waals surface area (Å²) in [7, 11) is -0.634. The van der Waals surface area contributed by atoms with E-state index in [0.29, 0.717) is 43.9 Å². The number of aryl methyl sites for hydroxylation is 1. The normalized spacial score (nSPS) is 11.4. The molecule has 23 heavy (non-hydrogen) atoms. The fourth-order valence-electron chi connectivity index (χ4n) is 1.85. The van der Waals surface area contributed by atoms with Crippen LogP contribution in [0.25, 0.3) is 0 Å². The fourth-order valence-corrected chi connectivity index (χ4v) is 2.60. The average molecular weight is 344 g/mol. The SMILES string of the molecule is CNS(=O)(=O)c1ccc(C)c(C(=O)NCCCOCCOC)c1. The number of hydrogen-bond acceptors (Lipinski definition) is 5. The van der Waals surface area contributed by atoms with Crippen molar-refractivity contribution >= 4 is 15.9 Å². The smallest absolute Gasteiger partial charge is 0.251 e. The molecule has 0 spiro atoms. The van der Waals surface area contributed by atoms with Crippen LogP contribution in [0, 0.1) is 6.92 Å². The lowest BCUT2D eigenvalue weighted by Gasteiger charge is -2.10. The second-order valence-corrected chi connectivity index (χ2v) is 6.79. The summed E-state index contributed by atoms with van der Waals surface area (Å²) in [4.78, 5) is 12.2. The molecule has 8 heteroatoms. The molecule has 7 nitrogen and oxygen atoms in total. The van der Waals surface area contributed by atoms with E-state index in [9.17, 15) is 13.2 Å². The van der Waals surface area contributed by atoms with Crippen molar-refractivity contribution in [3.63, 3.8) is 0 Å². The zero-order valence-corrected chi connectivity index (χ0v) is 14.5. The Bertz CT molecular complexity index is 616. The van der Waals surface area contributed by atoms with Crippen LogP contribution < -0.4 is 10.0 Å². The van der Waals surface area contributed by atoms with Gasteiger partial charge in [0.1, 0.15) is 0 Å². The molecule has 0 radical (unpaired) electrons. The van der Waals surface area contributed by atoms with E-state index < -0.39 is 10.0 Å². The van der Waals surface area contributed by atoms with Crippen molar-refractivity contribution in [2.75, 3.05) is 40.5 Å². The highest BCUT2D eigenvalue weighted by atomic mass is 32.2. The molecule has 0 unspecified atom stereocenters. The number of ether oxygens (including phenoxy) is 2. The minimum atomic E-state index is -3.57. The minimum absolute atomic E-state index is 0.0682. The van der Waals surface area contributed by atoms with Crippen molar-refractivity contribution in [1.29, 1.82) is 0 Å². The molecule has 0 aromatic heterocycles. The molecule has 0 aliphatic carbocycles. The van der Waals surface area contributed by atoms with Crippen molar-refractivity contribution < 1.29 is 22.7 Å². The highest BCUT2D eigenvalue weighted by Crippen LogP contribution is 2.15. The second kappa shape index (κ2) is 9.61. The lowest BCUT2D eigenvalue weighted by molar-refractivity contribution is 0.0688. The van der Waals surface area contributed by atoms with Gasteiger partial charge < -0.3 is 14.8 Å². The Morgan fingerprint density at radius 1 is 1.22 bits per heavy atom. The van der Waals surface area contributed by atoms with Gasteiger partial charge in [-0.2, -0.15) is 0 Å². The zero-order valence-electron chi connectivity index (χ0n) is 13.7. The van der Waals surface area contributed by atoms with Gasteiger partial charge in [0.15, 0.2) is 0 Å². The van der Waals surface area contributed by atoms with Gasteiger partial charge >= 0.3 is 0 Å². The maximum Gasteiger partial charge on any atom is 0.251 e. The molecule has 0 fully saturated rings. The van der Waals surface area contributed by atoms with Crippen molar-refractivity contribution in [3.8, 4) is 0 Å². The Morgan fingerprint density at radius 2 is 1.96 bits per heavy atom. The Balaban J connectivity index is 2.58. The van der Waals surface area contributed by atoms with Crippen LogP contribution in [0.5, 0.6) is 0 Å². The van der Waals surface area contributed by atoms with Gasteiger partial charge in [0.2, 0.25) is 10.0 Å². The first-order valence-electron chi connectivity index (χ1n) is 7.31. The molecule has 0 aliphatic rings. The largest absolute Gasteiger partial charge is 0.382 e. The van der Waals surface area contributed by atoms with Gasteiger partial charge in [-0.1, -0.05) is 6.07 Å². The van der Waals surface area contributed by atoms with Gasteiger partial charge in [-0.3, -0.25) is 4.79 Å². The van der Waals surface area contributed by atoms with Crippen LogP contribution in [-0.4, -0.2) is 54.8 Å². The molecule has 0 saturated heterocycles. The van der Waals surface area contributed by atoms with Crippen LogP contribution in [0.4, 0.5) is 0 Å². The molecule has 0 saturated carbocycles. The molecular formula is C15H24N2O5S. The third-order valence-corrected chi connectivity index (χ3v) is 4.63. The minimum Gasteiger partial charge on any atom is -0.382 e. The summed E-state index contributed by atoms with van der Waals surface area (Å²) in [6.07, 6.45) is 0.670. The summed E-state index contributed by atoms with van der Waals surface area (Å²) in [6, 6.07) is 4.47. The molecule has 1 rings (SSSR count). The summed E-state index contributed by atoms with van der Waals surface area (Å²) in [5, 5.41) is 2.76. The van der Waals surface area contributed by atoms with E-state index in [1.807, 2.05) is 0 Å². The Labute approximate surface area is 137 Å². The first-order chi connectivity index (χ1) is 10.9. The molecule has 130 valence electrons. The topological polar surface area (TPSA) is 93.7 Å². The summed E-state index contributed by atoms with van der Waals surface area (Å²) in [6.45, 7) is 3.80. The summed E-state index contributed by atoms with van der Waals surface area (Å²) in [5.41, 5.74) is 1.07. The standard InChI is InChI=1S/C15H24N2O5S/c1-12-5-6-13(23(19,20)16-2)11-14(12)15(18)17-7-4-8-22-10-9-21-3/h5-6,11,16H,4,7-10H2,1-3H3,(H,17,18). The number of carbonyl (C=O) groups is 1. The number of sulfonamides is 1. The van der Waals surface area contributed by atoms with Gasteiger partial charge in [0.25, 0.3) is 5.91 Å². The number of methoxy groups -OCH3 is 1. The highest BCUT2D eigenvalue weighted by molar-refractivity contribution is 7.89. The van der Waals surface area contributed by atoms with Crippen molar-refractivity contribution in [1.82, 2.24) is 10.0 Å². The van der Waals surface area contributed by atoms with Gasteiger partial charge in [-0.05, 0) is 38.1 Å². The lowest BCUT2D eigenvalue weighted by Crippen LogP contribution is -2.27. The van der Waals surface area contributed by atoms with Crippen LogP contribution >= 0.6 is 0 Å². The van der Waals surface area contributed by atoms with Crippen molar-refractivity contribution in [2.24, 2.45) is 0 Å². The van der Waals surface area contributed by atoms with Gasteiger partial charge in [0.05, 0.1) is 18.1 Å². The first kappa shape index (κ1) is 19.6. The van der Waals surface area contributed by atoms with Crippen LogP contribution in [0.3, 0.4) is 0 Å². The third kappa shape index (κ3) is 6.26. The van der Waals surface area contributed by atoms with E-state index in [4.69, 9.17) is 9.47 Å². The zero-order chi connectivity index (χ0) is 17.3. The second-order valence-electron chi connectivity index (χ2n) is 4.90. The molecule has 0 bridgehead atoms. The number of carbonyl (C=O) groups excluding carboxylic acids is 1.